The van der Waals surface area contributed by atoms with Gasteiger partial charge in [-0.05, 0) is 0 Å². The third-order valence-electron chi connectivity index (χ3n) is 1.43. The van der Waals surface area contributed by atoms with Gasteiger partial charge in [0.2, 0.25) is 0 Å². The second-order valence-electron chi connectivity index (χ2n) is 2.63. The molecule has 0 bridgehead atoms. The van der Waals surface area contributed by atoms with Crippen molar-refractivity contribution >= 4 is 54.1 Å². The molecule has 7 heteroatoms. The fourth-order valence-electron chi connectivity index (χ4n) is 0.874. The van der Waals surface area contributed by atoms with Crippen LogP contribution in [0.1, 0.15) is 6.92 Å². The van der Waals surface area contributed by atoms with E-state index < -0.39 is 20.1 Å². The number of rotatable bonds is 2. The average molecular weight is 283 g/mol. The zero-order chi connectivity index (χ0) is 10.8. The van der Waals surface area contributed by atoms with E-state index in [1.807, 2.05) is 0 Å². The quantitative estimate of drug-likeness (QED) is 0.404. The summed E-state index contributed by atoms with van der Waals surface area (Å²) in [5.41, 5.74) is 0. The van der Waals surface area contributed by atoms with Crippen LogP contribution in [-0.4, -0.2) is 57.9 Å². The number of esters is 1. The SMILES string of the molecule is CC(=O)Oc1ccc([As](=O)(O)O)cc1.[Na]. The van der Waals surface area contributed by atoms with Gasteiger partial charge in [0, 0.05) is 29.6 Å². The van der Waals surface area contributed by atoms with Crippen molar-refractivity contribution in [2.45, 2.75) is 6.92 Å². The largest absolute Gasteiger partial charge is 0 e. The summed E-state index contributed by atoms with van der Waals surface area (Å²) < 4.78 is 33.1. The van der Waals surface area contributed by atoms with Crippen LogP contribution in [0.4, 0.5) is 0 Å². The molecule has 1 aromatic carbocycles. The molecule has 0 spiro atoms. The first-order chi connectivity index (χ1) is 6.39. The van der Waals surface area contributed by atoms with Gasteiger partial charge >= 0.3 is 82.9 Å². The van der Waals surface area contributed by atoms with Crippen LogP contribution < -0.4 is 9.09 Å². The summed E-state index contributed by atoms with van der Waals surface area (Å²) in [7, 11) is 0. The van der Waals surface area contributed by atoms with Gasteiger partial charge in [0.05, 0.1) is 0 Å². The van der Waals surface area contributed by atoms with Crippen molar-refractivity contribution in [3.8, 4) is 5.75 Å². The zero-order valence-corrected chi connectivity index (χ0v) is 12.3. The van der Waals surface area contributed by atoms with Crippen molar-refractivity contribution in [2.24, 2.45) is 0 Å². The molecule has 15 heavy (non-hydrogen) atoms. The van der Waals surface area contributed by atoms with Crippen LogP contribution in [0, 0.1) is 0 Å². The Labute approximate surface area is 112 Å². The standard InChI is InChI=1S/C8H9AsO5.Na/c1-6(10)14-8-4-2-7(3-5-8)9(11,12)13;/h2-5H,1H3,(H2,11,12,13);. The van der Waals surface area contributed by atoms with E-state index in [0.29, 0.717) is 0 Å². The minimum atomic E-state index is -4.81. The molecular weight excluding hydrogens is 274 g/mol. The fourth-order valence-corrected chi connectivity index (χ4v) is 2.00. The summed E-state index contributed by atoms with van der Waals surface area (Å²) in [6.07, 6.45) is 0. The number of ether oxygens (including phenoxy) is 1. The van der Waals surface area contributed by atoms with E-state index in [2.05, 4.69) is 0 Å². The topological polar surface area (TPSA) is 83.8 Å². The van der Waals surface area contributed by atoms with Crippen LogP contribution in [0.15, 0.2) is 24.3 Å². The molecule has 0 atom stereocenters. The summed E-state index contributed by atoms with van der Waals surface area (Å²) >= 11 is -4.81. The van der Waals surface area contributed by atoms with Crippen molar-refractivity contribution in [2.75, 3.05) is 0 Å². The molecule has 1 aromatic rings. The van der Waals surface area contributed by atoms with Crippen LogP contribution in [0.5, 0.6) is 5.75 Å². The summed E-state index contributed by atoms with van der Waals surface area (Å²) in [6, 6.07) is 5.19. The number of carbonyl (C=O) groups is 1. The van der Waals surface area contributed by atoms with Crippen LogP contribution in [0.3, 0.4) is 0 Å². The zero-order valence-electron chi connectivity index (χ0n) is 8.38. The smallest absolute Gasteiger partial charge is 0 e. The fraction of sp³-hybridized carbons (Fsp3) is 0.125. The maximum Gasteiger partial charge on any atom is 0 e. The van der Waals surface area contributed by atoms with Gasteiger partial charge in [0.25, 0.3) is 0 Å². The van der Waals surface area contributed by atoms with Gasteiger partial charge in [0.1, 0.15) is 0 Å². The van der Waals surface area contributed by atoms with Crippen LogP contribution >= 0.6 is 0 Å². The monoisotopic (exact) mass is 283 g/mol. The molecule has 0 fully saturated rings. The average Bonchev–Trinajstić information content (AvgIpc) is 2.02. The molecule has 1 rings (SSSR count). The van der Waals surface area contributed by atoms with Gasteiger partial charge in [-0.3, -0.25) is 0 Å². The van der Waals surface area contributed by atoms with E-state index in [1.165, 1.54) is 31.2 Å². The molecule has 0 aliphatic carbocycles. The van der Waals surface area contributed by atoms with Crippen LogP contribution in [0.2, 0.25) is 0 Å². The van der Waals surface area contributed by atoms with E-state index in [-0.39, 0.29) is 39.7 Å². The summed E-state index contributed by atoms with van der Waals surface area (Å²) in [6.45, 7) is 1.25. The molecule has 0 amide bonds. The molecule has 0 unspecified atom stereocenters. The number of carbonyl (C=O) groups excluding carboxylic acids is 1. The third kappa shape index (κ3) is 5.02. The Morgan fingerprint density at radius 1 is 1.27 bits per heavy atom. The number of hydrogen-bond donors (Lipinski definition) is 2. The first kappa shape index (κ1) is 15.0. The normalized spacial score (nSPS) is 10.3. The molecule has 0 heterocycles. The molecule has 5 nitrogen and oxygen atoms in total. The van der Waals surface area contributed by atoms with Gasteiger partial charge in [-0.2, -0.15) is 0 Å². The first-order valence-corrected chi connectivity index (χ1v) is 7.12. The Bertz CT molecular complexity index is 383. The van der Waals surface area contributed by atoms with Crippen LogP contribution in [0.25, 0.3) is 0 Å². The Morgan fingerprint density at radius 3 is 2.07 bits per heavy atom. The second-order valence-corrected chi connectivity index (χ2v) is 6.00. The van der Waals surface area contributed by atoms with E-state index in [9.17, 15) is 8.53 Å². The molecule has 2 N–H and O–H groups in total. The van der Waals surface area contributed by atoms with Crippen molar-refractivity contribution < 1.29 is 21.5 Å². The predicted octanol–water partition coefficient (Wildman–Crippen LogP) is -1.21. The Morgan fingerprint density at radius 2 is 1.73 bits per heavy atom. The minimum absolute atomic E-state index is 0. The van der Waals surface area contributed by atoms with Crippen molar-refractivity contribution in [1.82, 2.24) is 0 Å². The molecular formula is C8H9AsNaO5. The molecule has 0 aromatic heterocycles. The molecule has 0 aliphatic heterocycles. The van der Waals surface area contributed by atoms with Gasteiger partial charge in [-0.15, -0.1) is 0 Å². The predicted molar refractivity (Wildman–Crippen MR) is 54.0 cm³/mol. The third-order valence-corrected chi connectivity index (χ3v) is 3.47. The first-order valence-electron chi connectivity index (χ1n) is 3.74. The van der Waals surface area contributed by atoms with E-state index in [1.54, 1.807) is 0 Å². The molecule has 0 saturated heterocycles. The van der Waals surface area contributed by atoms with Gasteiger partial charge in [-0.1, -0.05) is 0 Å². The molecule has 1 radical (unpaired) electrons. The summed E-state index contributed by atoms with van der Waals surface area (Å²) in [4.78, 5) is 10.5. The van der Waals surface area contributed by atoms with Crippen LogP contribution in [-0.2, 0) is 8.53 Å². The van der Waals surface area contributed by atoms with Gasteiger partial charge < -0.3 is 0 Å². The molecule has 0 aliphatic rings. The minimum Gasteiger partial charge on any atom is 0 e. The number of hydrogen-bond acceptors (Lipinski definition) is 3. The molecule has 0 saturated carbocycles. The van der Waals surface area contributed by atoms with E-state index in [4.69, 9.17) is 12.9 Å². The van der Waals surface area contributed by atoms with E-state index in [0.717, 1.165) is 0 Å². The summed E-state index contributed by atoms with van der Waals surface area (Å²) in [5.74, 6) is -0.204. The number of benzene rings is 1. The van der Waals surface area contributed by atoms with E-state index >= 15 is 0 Å². The maximum atomic E-state index is 10.8. The Hall–Kier alpha value is -0.0316. The van der Waals surface area contributed by atoms with Gasteiger partial charge in [-0.25, -0.2) is 0 Å². The Balaban J connectivity index is 0.00000196. The van der Waals surface area contributed by atoms with Crippen molar-refractivity contribution in [1.29, 1.82) is 0 Å². The maximum absolute atomic E-state index is 10.8. The molecule has 77 valence electrons. The summed E-state index contributed by atoms with van der Waals surface area (Å²) in [5, 5.41) is 0. The van der Waals surface area contributed by atoms with Crippen molar-refractivity contribution in [3.05, 3.63) is 24.3 Å². The van der Waals surface area contributed by atoms with Gasteiger partial charge in [0.15, 0.2) is 0 Å². The Kier molecular flexibility index (Phi) is 5.88. The second kappa shape index (κ2) is 5.89. The van der Waals surface area contributed by atoms with Crippen molar-refractivity contribution in [3.63, 3.8) is 0 Å².